The molecule has 1 aromatic rings. The van der Waals surface area contributed by atoms with Crippen LogP contribution in [-0.4, -0.2) is 30.9 Å². The zero-order valence-electron chi connectivity index (χ0n) is 10.8. The van der Waals surface area contributed by atoms with Crippen molar-refractivity contribution in [2.75, 3.05) is 12.8 Å². The molecule has 96 valence electrons. The Bertz CT molecular complexity index is 464. The molecule has 0 amide bonds. The molecule has 0 aliphatic rings. The molecule has 0 fully saturated rings. The van der Waals surface area contributed by atoms with Crippen molar-refractivity contribution in [1.29, 1.82) is 0 Å². The zero-order chi connectivity index (χ0) is 13.1. The topological polar surface area (TPSA) is 59.1 Å². The van der Waals surface area contributed by atoms with Crippen LogP contribution in [0.25, 0.3) is 0 Å². The summed E-state index contributed by atoms with van der Waals surface area (Å²) in [5, 5.41) is 3.13. The van der Waals surface area contributed by atoms with E-state index in [0.717, 1.165) is 11.3 Å². The maximum atomic E-state index is 11.5. The summed E-state index contributed by atoms with van der Waals surface area (Å²) >= 11 is 0. The van der Waals surface area contributed by atoms with Crippen molar-refractivity contribution in [2.24, 2.45) is 0 Å². The lowest BCUT2D eigenvalue weighted by atomic mass is 10.2. The predicted molar refractivity (Wildman–Crippen MR) is 69.6 cm³/mol. The van der Waals surface area contributed by atoms with Gasteiger partial charge in [0.15, 0.2) is 9.84 Å². The first-order chi connectivity index (χ1) is 7.72. The average Bonchev–Trinajstić information content (AvgIpc) is 2.19. The molecule has 0 spiro atoms. The molecule has 0 saturated carbocycles. The Labute approximate surface area is 103 Å². The van der Waals surface area contributed by atoms with Crippen LogP contribution in [0.1, 0.15) is 25.1 Å². The van der Waals surface area contributed by atoms with Gasteiger partial charge >= 0.3 is 0 Å². The Balaban J connectivity index is 2.51. The lowest BCUT2D eigenvalue weighted by molar-refractivity contribution is 0.519. The zero-order valence-corrected chi connectivity index (χ0v) is 11.6. The van der Waals surface area contributed by atoms with Crippen molar-refractivity contribution in [1.82, 2.24) is 10.3 Å². The van der Waals surface area contributed by atoms with Crippen LogP contribution in [0, 0.1) is 6.92 Å². The van der Waals surface area contributed by atoms with Crippen LogP contribution in [0.4, 0.5) is 0 Å². The van der Waals surface area contributed by atoms with E-state index in [4.69, 9.17) is 0 Å². The summed E-state index contributed by atoms with van der Waals surface area (Å²) in [5.41, 5.74) is 2.03. The number of nitrogens with zero attached hydrogens (tertiary/aromatic N) is 1. The fraction of sp³-hybridized carbons (Fsp3) is 0.583. The number of aryl methyl sites for hydroxylation is 1. The first-order valence-electron chi connectivity index (χ1n) is 5.54. The van der Waals surface area contributed by atoms with Gasteiger partial charge in [-0.1, -0.05) is 6.07 Å². The van der Waals surface area contributed by atoms with E-state index < -0.39 is 14.6 Å². The minimum atomic E-state index is -3.05. The SMILES string of the molecule is Cc1ccc(CNCC(C)(C)S(C)(=O)=O)nc1. The molecule has 0 aliphatic heterocycles. The quantitative estimate of drug-likeness (QED) is 0.863. The normalized spacial score (nSPS) is 12.7. The van der Waals surface area contributed by atoms with Crippen LogP contribution in [0.3, 0.4) is 0 Å². The summed E-state index contributed by atoms with van der Waals surface area (Å²) in [5.74, 6) is 0. The minimum Gasteiger partial charge on any atom is -0.310 e. The lowest BCUT2D eigenvalue weighted by Crippen LogP contribution is -2.41. The summed E-state index contributed by atoms with van der Waals surface area (Å²) in [7, 11) is -3.05. The second kappa shape index (κ2) is 5.14. The molecule has 0 atom stereocenters. The number of rotatable bonds is 5. The molecular weight excluding hydrogens is 236 g/mol. The van der Waals surface area contributed by atoms with Crippen molar-refractivity contribution < 1.29 is 8.42 Å². The summed E-state index contributed by atoms with van der Waals surface area (Å²) < 4.78 is 22.2. The third-order valence-electron chi connectivity index (χ3n) is 2.83. The molecule has 0 bridgehead atoms. The fourth-order valence-corrected chi connectivity index (χ4v) is 1.59. The largest absolute Gasteiger partial charge is 0.310 e. The standard InChI is InChI=1S/C12H20N2O2S/c1-10-5-6-11(14-7-10)8-13-9-12(2,3)17(4,15)16/h5-7,13H,8-9H2,1-4H3. The average molecular weight is 256 g/mol. The van der Waals surface area contributed by atoms with Crippen LogP contribution < -0.4 is 5.32 Å². The van der Waals surface area contributed by atoms with Gasteiger partial charge in [0.2, 0.25) is 0 Å². The molecule has 0 unspecified atom stereocenters. The van der Waals surface area contributed by atoms with E-state index in [1.807, 2.05) is 19.1 Å². The molecule has 17 heavy (non-hydrogen) atoms. The molecular formula is C12H20N2O2S. The molecule has 0 saturated heterocycles. The predicted octanol–water partition coefficient (Wildman–Crippen LogP) is 1.30. The number of hydrogen-bond acceptors (Lipinski definition) is 4. The molecule has 0 aromatic carbocycles. The number of sulfone groups is 1. The van der Waals surface area contributed by atoms with E-state index in [1.165, 1.54) is 6.26 Å². The van der Waals surface area contributed by atoms with Crippen molar-refractivity contribution in [3.63, 3.8) is 0 Å². The summed E-state index contributed by atoms with van der Waals surface area (Å²) in [6.07, 6.45) is 3.07. The van der Waals surface area contributed by atoms with Gasteiger partial charge in [-0.25, -0.2) is 8.42 Å². The number of pyridine rings is 1. The van der Waals surface area contributed by atoms with Crippen molar-refractivity contribution in [3.8, 4) is 0 Å². The van der Waals surface area contributed by atoms with Crippen LogP contribution in [0.5, 0.6) is 0 Å². The number of aromatic nitrogens is 1. The van der Waals surface area contributed by atoms with Crippen molar-refractivity contribution >= 4 is 9.84 Å². The van der Waals surface area contributed by atoms with Crippen molar-refractivity contribution in [3.05, 3.63) is 29.6 Å². The van der Waals surface area contributed by atoms with Gasteiger partial charge < -0.3 is 5.32 Å². The Morgan fingerprint density at radius 2 is 2.00 bits per heavy atom. The molecule has 0 radical (unpaired) electrons. The molecule has 1 aromatic heterocycles. The van der Waals surface area contributed by atoms with Crippen LogP contribution >= 0.6 is 0 Å². The van der Waals surface area contributed by atoms with E-state index in [-0.39, 0.29) is 0 Å². The first kappa shape index (κ1) is 14.1. The van der Waals surface area contributed by atoms with E-state index >= 15 is 0 Å². The van der Waals surface area contributed by atoms with Crippen LogP contribution in [0.2, 0.25) is 0 Å². The van der Waals surface area contributed by atoms with Gasteiger partial charge in [-0.3, -0.25) is 4.98 Å². The fourth-order valence-electron chi connectivity index (χ4n) is 1.23. The summed E-state index contributed by atoms with van der Waals surface area (Å²) in [6.45, 7) is 6.42. The number of hydrogen-bond donors (Lipinski definition) is 1. The van der Waals surface area contributed by atoms with Gasteiger partial charge in [0.1, 0.15) is 0 Å². The molecule has 1 rings (SSSR count). The number of nitrogens with one attached hydrogen (secondary N) is 1. The Kier molecular flexibility index (Phi) is 4.27. The van der Waals surface area contributed by atoms with Crippen LogP contribution in [-0.2, 0) is 16.4 Å². The Morgan fingerprint density at radius 1 is 1.35 bits per heavy atom. The molecule has 0 aliphatic carbocycles. The monoisotopic (exact) mass is 256 g/mol. The minimum absolute atomic E-state index is 0.418. The van der Waals surface area contributed by atoms with Gasteiger partial charge in [-0.2, -0.15) is 0 Å². The summed E-state index contributed by atoms with van der Waals surface area (Å²) in [4.78, 5) is 4.25. The first-order valence-corrected chi connectivity index (χ1v) is 7.43. The van der Waals surface area contributed by atoms with E-state index in [1.54, 1.807) is 20.0 Å². The highest BCUT2D eigenvalue weighted by Crippen LogP contribution is 2.13. The van der Waals surface area contributed by atoms with Gasteiger partial charge in [0.05, 0.1) is 10.4 Å². The summed E-state index contributed by atoms with van der Waals surface area (Å²) in [6, 6.07) is 3.93. The van der Waals surface area contributed by atoms with Crippen LogP contribution in [0.15, 0.2) is 18.3 Å². The highest BCUT2D eigenvalue weighted by atomic mass is 32.2. The van der Waals surface area contributed by atoms with E-state index in [0.29, 0.717) is 13.1 Å². The lowest BCUT2D eigenvalue weighted by Gasteiger charge is -2.22. The highest BCUT2D eigenvalue weighted by Gasteiger charge is 2.29. The second-order valence-corrected chi connectivity index (χ2v) is 7.61. The van der Waals surface area contributed by atoms with Gasteiger partial charge in [-0.15, -0.1) is 0 Å². The van der Waals surface area contributed by atoms with E-state index in [9.17, 15) is 8.42 Å². The molecule has 4 nitrogen and oxygen atoms in total. The highest BCUT2D eigenvalue weighted by molar-refractivity contribution is 7.92. The third kappa shape index (κ3) is 4.09. The molecule has 5 heteroatoms. The van der Waals surface area contributed by atoms with Crippen molar-refractivity contribution in [2.45, 2.75) is 32.1 Å². The van der Waals surface area contributed by atoms with Gasteiger partial charge in [0, 0.05) is 25.5 Å². The molecule has 1 heterocycles. The smallest absolute Gasteiger partial charge is 0.153 e. The van der Waals surface area contributed by atoms with Gasteiger partial charge in [0.25, 0.3) is 0 Å². The third-order valence-corrected chi connectivity index (χ3v) is 4.99. The Morgan fingerprint density at radius 3 is 2.47 bits per heavy atom. The maximum absolute atomic E-state index is 11.5. The van der Waals surface area contributed by atoms with Gasteiger partial charge in [-0.05, 0) is 32.4 Å². The Hall–Kier alpha value is -0.940. The maximum Gasteiger partial charge on any atom is 0.153 e. The molecule has 1 N–H and O–H groups in total. The van der Waals surface area contributed by atoms with E-state index in [2.05, 4.69) is 10.3 Å². The second-order valence-electron chi connectivity index (χ2n) is 4.96.